The van der Waals surface area contributed by atoms with E-state index in [2.05, 4.69) is 22.4 Å². The second-order valence-corrected chi connectivity index (χ2v) is 6.59. The van der Waals surface area contributed by atoms with Crippen molar-refractivity contribution >= 4 is 6.03 Å². The third-order valence-electron chi connectivity index (χ3n) is 4.86. The zero-order valence-electron chi connectivity index (χ0n) is 13.8. The molecule has 1 saturated carbocycles. The van der Waals surface area contributed by atoms with E-state index < -0.39 is 0 Å². The van der Waals surface area contributed by atoms with Gasteiger partial charge >= 0.3 is 6.03 Å². The molecule has 6 heteroatoms. The van der Waals surface area contributed by atoms with E-state index in [1.54, 1.807) is 0 Å². The average molecular weight is 317 g/mol. The van der Waals surface area contributed by atoms with Crippen molar-refractivity contribution in [1.82, 2.24) is 15.1 Å². The molecule has 0 radical (unpaired) electrons. The van der Waals surface area contributed by atoms with Crippen LogP contribution in [0.5, 0.6) is 0 Å². The van der Waals surface area contributed by atoms with Crippen LogP contribution in [0.2, 0.25) is 0 Å². The molecule has 2 rings (SSSR count). The summed E-state index contributed by atoms with van der Waals surface area (Å²) in [7, 11) is 0. The van der Waals surface area contributed by atoms with Gasteiger partial charge < -0.3 is 10.2 Å². The number of rotatable bonds is 5. The molecule has 1 aliphatic heterocycles. The fraction of sp³-hybridized carbons (Fsp3) is 0.824. The highest BCUT2D eigenvalue weighted by molar-refractivity contribution is 5.74. The van der Waals surface area contributed by atoms with Crippen LogP contribution in [0, 0.1) is 28.6 Å². The minimum Gasteiger partial charge on any atom is -0.335 e. The van der Waals surface area contributed by atoms with Gasteiger partial charge in [0.1, 0.15) is 0 Å². The van der Waals surface area contributed by atoms with Gasteiger partial charge in [0.25, 0.3) is 0 Å². The van der Waals surface area contributed by atoms with Gasteiger partial charge in [-0.3, -0.25) is 4.90 Å². The number of carbonyl (C=O) groups excluding carboxylic acids is 1. The van der Waals surface area contributed by atoms with Crippen molar-refractivity contribution in [3.63, 3.8) is 0 Å². The molecule has 0 aromatic rings. The molecule has 6 nitrogen and oxygen atoms in total. The van der Waals surface area contributed by atoms with Gasteiger partial charge in [-0.15, -0.1) is 0 Å². The molecule has 1 aliphatic carbocycles. The fourth-order valence-electron chi connectivity index (χ4n) is 3.39. The van der Waals surface area contributed by atoms with Crippen LogP contribution in [0.3, 0.4) is 0 Å². The Balaban J connectivity index is 1.69. The lowest BCUT2D eigenvalue weighted by Crippen LogP contribution is -2.54. The normalized spacial score (nSPS) is 21.2. The van der Waals surface area contributed by atoms with Gasteiger partial charge in [-0.25, -0.2) is 4.79 Å². The van der Waals surface area contributed by atoms with Crippen molar-refractivity contribution in [2.24, 2.45) is 5.92 Å². The van der Waals surface area contributed by atoms with E-state index in [1.807, 2.05) is 4.90 Å². The minimum atomic E-state index is -0.0859. The van der Waals surface area contributed by atoms with Crippen LogP contribution in [0.15, 0.2) is 0 Å². The molecule has 2 aliphatic rings. The summed E-state index contributed by atoms with van der Waals surface area (Å²) in [4.78, 5) is 16.4. The highest BCUT2D eigenvalue weighted by Crippen LogP contribution is 2.18. The van der Waals surface area contributed by atoms with Crippen molar-refractivity contribution in [3.05, 3.63) is 0 Å². The van der Waals surface area contributed by atoms with Crippen LogP contribution >= 0.6 is 0 Å². The molecule has 1 atom stereocenters. The number of carbonyl (C=O) groups is 1. The molecule has 0 aromatic heterocycles. The van der Waals surface area contributed by atoms with Gasteiger partial charge in [0, 0.05) is 45.2 Å². The first-order valence-corrected chi connectivity index (χ1v) is 8.77. The van der Waals surface area contributed by atoms with Crippen LogP contribution in [0.4, 0.5) is 4.79 Å². The third kappa shape index (κ3) is 5.73. The van der Waals surface area contributed by atoms with Crippen LogP contribution < -0.4 is 5.32 Å². The maximum atomic E-state index is 12.3. The zero-order valence-corrected chi connectivity index (χ0v) is 13.8. The summed E-state index contributed by atoms with van der Waals surface area (Å²) in [6, 6.07) is 4.80. The van der Waals surface area contributed by atoms with Crippen LogP contribution in [-0.4, -0.2) is 54.6 Å². The number of hydrogen-bond acceptors (Lipinski definition) is 4. The van der Waals surface area contributed by atoms with E-state index in [1.165, 1.54) is 19.3 Å². The molecule has 2 amide bonds. The largest absolute Gasteiger partial charge is 0.335 e. The number of amides is 2. The Kier molecular flexibility index (Phi) is 7.16. The first kappa shape index (κ1) is 17.6. The van der Waals surface area contributed by atoms with Crippen LogP contribution in [-0.2, 0) is 0 Å². The first-order chi connectivity index (χ1) is 11.2. The van der Waals surface area contributed by atoms with Crippen molar-refractivity contribution < 1.29 is 4.79 Å². The van der Waals surface area contributed by atoms with Crippen molar-refractivity contribution in [2.75, 3.05) is 32.7 Å². The summed E-state index contributed by atoms with van der Waals surface area (Å²) in [5.74, 6) is -0.0859. The molecule has 1 heterocycles. The Morgan fingerprint density at radius 2 is 1.83 bits per heavy atom. The van der Waals surface area contributed by atoms with Gasteiger partial charge in [0.2, 0.25) is 0 Å². The number of hydrogen-bond donors (Lipinski definition) is 1. The molecule has 126 valence electrons. The highest BCUT2D eigenvalue weighted by Gasteiger charge is 2.25. The van der Waals surface area contributed by atoms with Gasteiger partial charge in [-0.05, 0) is 19.3 Å². The van der Waals surface area contributed by atoms with Gasteiger partial charge in [0.15, 0.2) is 0 Å². The molecule has 0 spiro atoms. The molecule has 23 heavy (non-hydrogen) atoms. The maximum Gasteiger partial charge on any atom is 0.317 e. The topological polar surface area (TPSA) is 83.2 Å². The average Bonchev–Trinajstić information content (AvgIpc) is 2.60. The number of piperazine rings is 1. The predicted molar refractivity (Wildman–Crippen MR) is 87.4 cm³/mol. The van der Waals surface area contributed by atoms with Crippen LogP contribution in [0.1, 0.15) is 44.9 Å². The molecule has 2 fully saturated rings. The number of nitrogens with zero attached hydrogens (tertiary/aromatic N) is 4. The first-order valence-electron chi connectivity index (χ1n) is 8.77. The Labute approximate surface area is 139 Å². The predicted octanol–water partition coefficient (Wildman–Crippen LogP) is 2.09. The van der Waals surface area contributed by atoms with E-state index in [4.69, 9.17) is 10.5 Å². The minimum absolute atomic E-state index is 0.0675. The Hall–Kier alpha value is -1.79. The summed E-state index contributed by atoms with van der Waals surface area (Å²) in [5, 5.41) is 20.9. The Morgan fingerprint density at radius 1 is 1.13 bits per heavy atom. The number of urea groups is 1. The Morgan fingerprint density at radius 3 is 2.43 bits per heavy atom. The van der Waals surface area contributed by atoms with Gasteiger partial charge in [-0.1, -0.05) is 19.3 Å². The van der Waals surface area contributed by atoms with E-state index in [0.29, 0.717) is 25.4 Å². The summed E-state index contributed by atoms with van der Waals surface area (Å²) in [6.45, 7) is 3.76. The quantitative estimate of drug-likeness (QED) is 0.841. The standard InChI is InChI=1S/C17H27N5O/c18-8-4-5-15(13-19)14-21-9-11-22(12-10-21)17(23)20-16-6-2-1-3-7-16/h15-16H,1-7,9-12,14H2,(H,20,23). The fourth-order valence-corrected chi connectivity index (χ4v) is 3.39. The molecule has 1 unspecified atom stereocenters. The van der Waals surface area contributed by atoms with E-state index in [0.717, 1.165) is 39.0 Å². The van der Waals surface area contributed by atoms with Crippen LogP contribution in [0.25, 0.3) is 0 Å². The lowest BCUT2D eigenvalue weighted by Gasteiger charge is -2.36. The lowest BCUT2D eigenvalue weighted by molar-refractivity contribution is 0.129. The van der Waals surface area contributed by atoms with Crippen molar-refractivity contribution in [1.29, 1.82) is 10.5 Å². The van der Waals surface area contributed by atoms with E-state index in [9.17, 15) is 4.79 Å². The lowest BCUT2D eigenvalue weighted by atomic mass is 9.96. The maximum absolute atomic E-state index is 12.3. The molecule has 0 bridgehead atoms. The van der Waals surface area contributed by atoms with E-state index >= 15 is 0 Å². The number of nitriles is 2. The summed E-state index contributed by atoms with van der Waals surface area (Å²) >= 11 is 0. The molecular weight excluding hydrogens is 290 g/mol. The third-order valence-corrected chi connectivity index (χ3v) is 4.86. The van der Waals surface area contributed by atoms with E-state index in [-0.39, 0.29) is 11.9 Å². The summed E-state index contributed by atoms with van der Waals surface area (Å²) in [5.41, 5.74) is 0. The molecular formula is C17H27N5O. The van der Waals surface area contributed by atoms with Gasteiger partial charge in [-0.2, -0.15) is 10.5 Å². The SMILES string of the molecule is N#CCCC(C#N)CN1CCN(C(=O)NC2CCCCC2)CC1. The smallest absolute Gasteiger partial charge is 0.317 e. The van der Waals surface area contributed by atoms with Gasteiger partial charge in [0.05, 0.1) is 18.1 Å². The van der Waals surface area contributed by atoms with Crippen molar-refractivity contribution in [3.8, 4) is 12.1 Å². The molecule has 1 N–H and O–H groups in total. The molecule has 0 aromatic carbocycles. The number of nitrogens with one attached hydrogen (secondary N) is 1. The summed E-state index contributed by atoms with van der Waals surface area (Å²) in [6.07, 6.45) is 7.01. The Bertz CT molecular complexity index is 453. The summed E-state index contributed by atoms with van der Waals surface area (Å²) < 4.78 is 0. The second kappa shape index (κ2) is 9.37. The second-order valence-electron chi connectivity index (χ2n) is 6.59. The van der Waals surface area contributed by atoms with Crippen molar-refractivity contribution in [2.45, 2.75) is 51.0 Å². The molecule has 1 saturated heterocycles. The highest BCUT2D eigenvalue weighted by atomic mass is 16.2. The monoisotopic (exact) mass is 317 g/mol. The zero-order chi connectivity index (χ0) is 16.5.